The molecule has 0 saturated carbocycles. The van der Waals surface area contributed by atoms with E-state index in [1.54, 1.807) is 0 Å². The number of amides is 1. The highest BCUT2D eigenvalue weighted by Crippen LogP contribution is 2.38. The predicted octanol–water partition coefficient (Wildman–Crippen LogP) is 12.3. The number of H-pyrrole nitrogens is 2. The lowest BCUT2D eigenvalue weighted by molar-refractivity contribution is -0.116. The maximum absolute atomic E-state index is 12.5. The normalized spacial score (nSPS) is 11.9. The second-order valence-corrected chi connectivity index (χ2v) is 13.9. The minimum absolute atomic E-state index is 0.0585. The smallest absolute Gasteiger partial charge is 0.224 e. The molecule has 0 radical (unpaired) electrons. The molecule has 0 unspecified atom stereocenters. The lowest BCUT2D eigenvalue weighted by Crippen LogP contribution is -2.11. The van der Waals surface area contributed by atoms with Crippen LogP contribution >= 0.6 is 11.6 Å². The number of aromatic nitrogens is 4. The molecule has 5 heterocycles. The van der Waals surface area contributed by atoms with Crippen LogP contribution in [0.2, 0.25) is 0 Å². The van der Waals surface area contributed by atoms with Crippen LogP contribution in [-0.2, 0) is 4.79 Å². The fourth-order valence-electron chi connectivity index (χ4n) is 7.41. The Morgan fingerprint density at radius 1 is 0.473 bits per heavy atom. The summed E-state index contributed by atoms with van der Waals surface area (Å²) in [5.74, 6) is 0.390. The van der Waals surface area contributed by atoms with Gasteiger partial charge in [-0.1, -0.05) is 103 Å². The molecule has 3 aromatic heterocycles. The number of benzene rings is 4. The number of nitrogens with one attached hydrogen (secondary N) is 3. The van der Waals surface area contributed by atoms with Crippen molar-refractivity contribution in [2.24, 2.45) is 0 Å². The van der Waals surface area contributed by atoms with E-state index in [4.69, 9.17) is 21.6 Å². The molecule has 9 rings (SSSR count). The molecule has 8 bridgehead atoms. The zero-order valence-electron chi connectivity index (χ0n) is 29.9. The number of nitrogens with zero attached hydrogens (tertiary/aromatic N) is 2. The van der Waals surface area contributed by atoms with Crippen molar-refractivity contribution in [1.82, 2.24) is 19.9 Å². The number of hydrogen-bond acceptors (Lipinski definition) is 3. The summed E-state index contributed by atoms with van der Waals surface area (Å²) in [5.41, 5.74) is 16.0. The minimum Gasteiger partial charge on any atom is -0.354 e. The summed E-state index contributed by atoms with van der Waals surface area (Å²) >= 11 is 5.83. The van der Waals surface area contributed by atoms with Crippen molar-refractivity contribution in [2.75, 3.05) is 11.2 Å². The Morgan fingerprint density at radius 2 is 0.855 bits per heavy atom. The predicted molar refractivity (Wildman–Crippen MR) is 229 cm³/mol. The van der Waals surface area contributed by atoms with Gasteiger partial charge in [0.05, 0.1) is 22.8 Å². The Hall–Kier alpha value is -6.76. The van der Waals surface area contributed by atoms with E-state index in [0.717, 1.165) is 95.0 Å². The number of alkyl halides is 1. The third-order valence-electron chi connectivity index (χ3n) is 9.94. The topological polar surface area (TPSA) is 86.5 Å². The number of fused-ring (bicyclic) bond motifs is 8. The molecule has 0 aliphatic carbocycles. The van der Waals surface area contributed by atoms with Crippen LogP contribution in [0.4, 0.5) is 5.69 Å². The first-order valence-corrected chi connectivity index (χ1v) is 19.0. The molecule has 2 aliphatic heterocycles. The van der Waals surface area contributed by atoms with Gasteiger partial charge in [-0.05, 0) is 89.4 Å². The standard InChI is InChI=1S/C48H36ClN5O/c49-30-10-17-44(55)50-35-20-18-34(19-21-35)48-42-28-26-40(53-42)46(32-13-6-2-7-14-32)38-24-22-36(51-38)45(31-11-4-1-5-12-31)37-23-25-39(52-37)47(33-15-8-3-9-16-33)41-27-29-43(48)54-41/h1-9,11-16,18-29,51-52H,10,17,30H2,(H,50,55). The Labute approximate surface area is 324 Å². The SMILES string of the molecule is O=C(CCCCl)Nc1ccc(-c2c3nc(c(-c4ccccc4)c4ccc([nH]4)c(-c4ccccc4)c4ccc([nH]4)c(-c4ccccc4)c4nc2C=C4)C=C3)cc1. The van der Waals surface area contributed by atoms with Gasteiger partial charge >= 0.3 is 0 Å². The van der Waals surface area contributed by atoms with Crippen molar-refractivity contribution in [2.45, 2.75) is 12.8 Å². The van der Waals surface area contributed by atoms with E-state index < -0.39 is 0 Å². The first-order chi connectivity index (χ1) is 27.1. The zero-order chi connectivity index (χ0) is 37.1. The van der Waals surface area contributed by atoms with E-state index in [1.165, 1.54) is 0 Å². The summed E-state index contributed by atoms with van der Waals surface area (Å²) in [6, 6.07) is 47.8. The van der Waals surface area contributed by atoms with E-state index in [-0.39, 0.29) is 5.91 Å². The second-order valence-electron chi connectivity index (χ2n) is 13.5. The van der Waals surface area contributed by atoms with Crippen molar-refractivity contribution in [1.29, 1.82) is 0 Å². The van der Waals surface area contributed by atoms with Crippen LogP contribution in [0.15, 0.2) is 140 Å². The summed E-state index contributed by atoms with van der Waals surface area (Å²) in [7, 11) is 0. The Kier molecular flexibility index (Phi) is 9.24. The fraction of sp³-hybridized carbons (Fsp3) is 0.0625. The quantitative estimate of drug-likeness (QED) is 0.136. The highest BCUT2D eigenvalue weighted by atomic mass is 35.5. The maximum atomic E-state index is 12.5. The highest BCUT2D eigenvalue weighted by Gasteiger charge is 2.19. The van der Waals surface area contributed by atoms with Gasteiger partial charge in [-0.3, -0.25) is 4.79 Å². The van der Waals surface area contributed by atoms with Crippen LogP contribution in [-0.4, -0.2) is 31.7 Å². The lowest BCUT2D eigenvalue weighted by atomic mass is 10.0. The van der Waals surface area contributed by atoms with Crippen LogP contribution in [0.25, 0.3) is 90.9 Å². The van der Waals surface area contributed by atoms with E-state index in [2.05, 4.69) is 137 Å². The highest BCUT2D eigenvalue weighted by molar-refractivity contribution is 6.18. The third kappa shape index (κ3) is 6.80. The van der Waals surface area contributed by atoms with Crippen LogP contribution in [0, 0.1) is 0 Å². The monoisotopic (exact) mass is 733 g/mol. The summed E-state index contributed by atoms with van der Waals surface area (Å²) in [5, 5.41) is 3.00. The number of hydrogen-bond donors (Lipinski definition) is 3. The molecule has 0 spiro atoms. The van der Waals surface area contributed by atoms with Gasteiger partial charge in [-0.25, -0.2) is 9.97 Å². The minimum atomic E-state index is -0.0585. The number of aromatic amines is 2. The van der Waals surface area contributed by atoms with Gasteiger partial charge in [0.25, 0.3) is 0 Å². The van der Waals surface area contributed by atoms with Gasteiger partial charge < -0.3 is 15.3 Å². The van der Waals surface area contributed by atoms with Crippen molar-refractivity contribution >= 4 is 69.6 Å². The van der Waals surface area contributed by atoms with Gasteiger partial charge in [0.1, 0.15) is 0 Å². The Bertz CT molecular complexity index is 2630. The molecule has 1 amide bonds. The Balaban J connectivity index is 1.37. The molecule has 7 heteroatoms. The molecule has 0 atom stereocenters. The average molecular weight is 734 g/mol. The van der Waals surface area contributed by atoms with Crippen molar-refractivity contribution in [3.8, 4) is 44.5 Å². The number of halogens is 1. The molecular weight excluding hydrogens is 698 g/mol. The third-order valence-corrected chi connectivity index (χ3v) is 10.2. The van der Waals surface area contributed by atoms with Crippen LogP contribution in [0.1, 0.15) is 35.6 Å². The van der Waals surface area contributed by atoms with Gasteiger partial charge in [0.15, 0.2) is 0 Å². The maximum Gasteiger partial charge on any atom is 0.224 e. The van der Waals surface area contributed by atoms with Crippen LogP contribution in [0.5, 0.6) is 0 Å². The van der Waals surface area contributed by atoms with Crippen LogP contribution in [0.3, 0.4) is 0 Å². The molecule has 0 fully saturated rings. The number of carbonyl (C=O) groups excluding carboxylic acids is 1. The number of rotatable bonds is 8. The van der Waals surface area contributed by atoms with Crippen LogP contribution < -0.4 is 5.32 Å². The average Bonchev–Trinajstić information content (AvgIpc) is 4.07. The second kappa shape index (κ2) is 14.9. The molecule has 2 aliphatic rings. The molecule has 4 aromatic carbocycles. The largest absolute Gasteiger partial charge is 0.354 e. The summed E-state index contributed by atoms with van der Waals surface area (Å²) < 4.78 is 0. The molecular formula is C48H36ClN5O. The molecule has 7 aromatic rings. The number of anilines is 1. The lowest BCUT2D eigenvalue weighted by Gasteiger charge is -2.09. The molecule has 266 valence electrons. The zero-order valence-corrected chi connectivity index (χ0v) is 30.6. The van der Waals surface area contributed by atoms with Crippen molar-refractivity contribution < 1.29 is 4.79 Å². The van der Waals surface area contributed by atoms with Crippen molar-refractivity contribution in [3.05, 3.63) is 162 Å². The van der Waals surface area contributed by atoms with Gasteiger partial charge in [0.2, 0.25) is 5.91 Å². The van der Waals surface area contributed by atoms with E-state index >= 15 is 0 Å². The number of carbonyl (C=O) groups is 1. The van der Waals surface area contributed by atoms with Gasteiger partial charge in [-0.2, -0.15) is 0 Å². The summed E-state index contributed by atoms with van der Waals surface area (Å²) in [4.78, 5) is 30.8. The van der Waals surface area contributed by atoms with Crippen molar-refractivity contribution in [3.63, 3.8) is 0 Å². The molecule has 6 nitrogen and oxygen atoms in total. The van der Waals surface area contributed by atoms with E-state index in [9.17, 15) is 4.79 Å². The molecule has 0 saturated heterocycles. The van der Waals surface area contributed by atoms with Gasteiger partial charge in [-0.15, -0.1) is 11.6 Å². The van der Waals surface area contributed by atoms with E-state index in [0.29, 0.717) is 18.7 Å². The summed E-state index contributed by atoms with van der Waals surface area (Å²) in [6.07, 6.45) is 9.33. The van der Waals surface area contributed by atoms with E-state index in [1.807, 2.05) is 42.5 Å². The fourth-order valence-corrected chi connectivity index (χ4v) is 7.54. The summed E-state index contributed by atoms with van der Waals surface area (Å²) in [6.45, 7) is 0. The first kappa shape index (κ1) is 34.0. The van der Waals surface area contributed by atoms with Gasteiger partial charge in [0, 0.05) is 62.3 Å². The first-order valence-electron chi connectivity index (χ1n) is 18.4. The molecule has 3 N–H and O–H groups in total. The molecule has 55 heavy (non-hydrogen) atoms. The Morgan fingerprint density at radius 3 is 1.29 bits per heavy atom.